The van der Waals surface area contributed by atoms with E-state index in [9.17, 15) is 4.79 Å². The summed E-state index contributed by atoms with van der Waals surface area (Å²) in [4.78, 5) is 33.3. The molecule has 5 aromatic rings. The number of hydrogen-bond donors (Lipinski definition) is 1. The van der Waals surface area contributed by atoms with Gasteiger partial charge in [-0.25, -0.2) is 15.0 Å². The van der Waals surface area contributed by atoms with Crippen LogP contribution in [-0.4, -0.2) is 51.0 Å². The van der Waals surface area contributed by atoms with Gasteiger partial charge in [-0.15, -0.1) is 0 Å². The average Bonchev–Trinajstić information content (AvgIpc) is 2.99. The zero-order valence-electron chi connectivity index (χ0n) is 22.1. The molecule has 0 atom stereocenters. The van der Waals surface area contributed by atoms with Crippen LogP contribution in [0.5, 0.6) is 0 Å². The Balaban J connectivity index is 1.18. The summed E-state index contributed by atoms with van der Waals surface area (Å²) in [6.07, 6.45) is 5.34. The second kappa shape index (κ2) is 11.5. The fraction of sp³-hybridized carbons (Fsp3) is 0.219. The van der Waals surface area contributed by atoms with Gasteiger partial charge in [0.1, 0.15) is 11.9 Å². The van der Waals surface area contributed by atoms with Crippen LogP contribution in [0.3, 0.4) is 0 Å². The van der Waals surface area contributed by atoms with Crippen LogP contribution in [0.1, 0.15) is 24.2 Å². The molecular weight excluding hydrogens is 498 g/mol. The molecule has 0 bridgehead atoms. The molecule has 1 saturated heterocycles. The topological polar surface area (TPSA) is 102 Å². The lowest BCUT2D eigenvalue weighted by Crippen LogP contribution is -2.36. The van der Waals surface area contributed by atoms with Crippen molar-refractivity contribution in [1.82, 2.24) is 24.8 Å². The van der Waals surface area contributed by atoms with Crippen LogP contribution in [0, 0.1) is 11.3 Å². The maximum atomic E-state index is 12.5. The van der Waals surface area contributed by atoms with E-state index in [0.29, 0.717) is 10.9 Å². The summed E-state index contributed by atoms with van der Waals surface area (Å²) in [5, 5.41) is 9.71. The third-order valence-electron chi connectivity index (χ3n) is 7.34. The first-order valence-electron chi connectivity index (χ1n) is 13.6. The zero-order valence-corrected chi connectivity index (χ0v) is 22.1. The molecule has 0 amide bonds. The van der Waals surface area contributed by atoms with E-state index in [1.165, 1.54) is 5.56 Å². The first kappa shape index (κ1) is 25.4. The summed E-state index contributed by atoms with van der Waals surface area (Å²) in [5.74, 6) is 1.05. The summed E-state index contributed by atoms with van der Waals surface area (Å²) >= 11 is 0. The molecular formula is C32H29N7O. The van der Waals surface area contributed by atoms with E-state index < -0.39 is 0 Å². The van der Waals surface area contributed by atoms with Gasteiger partial charge in [-0.2, -0.15) is 5.26 Å². The second-order valence-electron chi connectivity index (χ2n) is 10.0. The normalized spacial score (nSPS) is 14.4. The van der Waals surface area contributed by atoms with Crippen LogP contribution in [0.2, 0.25) is 0 Å². The molecule has 3 aromatic heterocycles. The van der Waals surface area contributed by atoms with Crippen molar-refractivity contribution in [3.63, 3.8) is 0 Å². The number of pyridine rings is 2. The van der Waals surface area contributed by atoms with E-state index in [0.717, 1.165) is 73.8 Å². The molecule has 0 aliphatic carbocycles. The van der Waals surface area contributed by atoms with Crippen LogP contribution < -0.4 is 10.5 Å². The minimum atomic E-state index is -0.135. The molecule has 0 unspecified atom stereocenters. The van der Waals surface area contributed by atoms with E-state index in [1.54, 1.807) is 12.4 Å². The van der Waals surface area contributed by atoms with Crippen LogP contribution in [-0.2, 0) is 6.54 Å². The van der Waals surface area contributed by atoms with Gasteiger partial charge in [0.15, 0.2) is 0 Å². The molecule has 0 spiro atoms. The summed E-state index contributed by atoms with van der Waals surface area (Å²) in [6.45, 7) is 4.67. The molecule has 8 heteroatoms. The van der Waals surface area contributed by atoms with Crippen LogP contribution in [0.4, 0.5) is 5.82 Å². The minimum Gasteiger partial charge on any atom is -0.356 e. The fourth-order valence-electron chi connectivity index (χ4n) is 5.35. The number of H-pyrrole nitrogens is 1. The molecule has 4 heterocycles. The Hall–Kier alpha value is -4.87. The number of nitriles is 1. The number of anilines is 1. The molecule has 1 aliphatic heterocycles. The van der Waals surface area contributed by atoms with Crippen molar-refractivity contribution in [2.24, 2.45) is 0 Å². The number of aromatic amines is 1. The van der Waals surface area contributed by atoms with Crippen LogP contribution in [0.15, 0.2) is 90.0 Å². The van der Waals surface area contributed by atoms with Gasteiger partial charge < -0.3 is 9.88 Å². The Labute approximate surface area is 232 Å². The average molecular weight is 528 g/mol. The number of nitrogens with one attached hydrogen (secondary N) is 1. The summed E-state index contributed by atoms with van der Waals surface area (Å²) in [7, 11) is 0. The van der Waals surface area contributed by atoms with Gasteiger partial charge >= 0.3 is 0 Å². The highest BCUT2D eigenvalue weighted by Crippen LogP contribution is 2.32. The maximum absolute atomic E-state index is 12.5. The monoisotopic (exact) mass is 527 g/mol. The predicted octanol–water partition coefficient (Wildman–Crippen LogP) is 5.02. The van der Waals surface area contributed by atoms with Gasteiger partial charge in [0.05, 0.1) is 16.6 Å². The highest BCUT2D eigenvalue weighted by atomic mass is 16.1. The van der Waals surface area contributed by atoms with Gasteiger partial charge in [-0.05, 0) is 42.2 Å². The molecule has 6 rings (SSSR count). The van der Waals surface area contributed by atoms with Crippen molar-refractivity contribution in [2.75, 3.05) is 31.1 Å². The second-order valence-corrected chi connectivity index (χ2v) is 10.0. The zero-order chi connectivity index (χ0) is 27.3. The van der Waals surface area contributed by atoms with Crippen LogP contribution >= 0.6 is 0 Å². The molecule has 2 aromatic carbocycles. The minimum absolute atomic E-state index is 0.135. The Morgan fingerprint density at radius 2 is 1.65 bits per heavy atom. The Morgan fingerprint density at radius 3 is 2.40 bits per heavy atom. The molecule has 0 saturated carbocycles. The van der Waals surface area contributed by atoms with E-state index in [1.807, 2.05) is 54.6 Å². The molecule has 1 N–H and O–H groups in total. The maximum Gasteiger partial charge on any atom is 0.257 e. The van der Waals surface area contributed by atoms with Crippen LogP contribution in [0.25, 0.3) is 33.3 Å². The molecule has 40 heavy (non-hydrogen) atoms. The first-order chi connectivity index (χ1) is 19.7. The molecule has 198 valence electrons. The van der Waals surface area contributed by atoms with Gasteiger partial charge in [0.25, 0.3) is 5.56 Å². The van der Waals surface area contributed by atoms with Gasteiger partial charge in [-0.3, -0.25) is 9.69 Å². The number of benzene rings is 2. The third kappa shape index (κ3) is 5.46. The van der Waals surface area contributed by atoms with Crippen molar-refractivity contribution in [2.45, 2.75) is 19.4 Å². The summed E-state index contributed by atoms with van der Waals surface area (Å²) < 4.78 is 0. The third-order valence-corrected chi connectivity index (χ3v) is 7.34. The van der Waals surface area contributed by atoms with Gasteiger partial charge in [0, 0.05) is 56.2 Å². The van der Waals surface area contributed by atoms with Crippen molar-refractivity contribution < 1.29 is 0 Å². The quantitative estimate of drug-likeness (QED) is 0.342. The van der Waals surface area contributed by atoms with Crippen molar-refractivity contribution in [3.05, 3.63) is 107 Å². The number of nitrogens with zero attached hydrogens (tertiary/aromatic N) is 6. The predicted molar refractivity (Wildman–Crippen MR) is 157 cm³/mol. The Kier molecular flexibility index (Phi) is 7.29. The van der Waals surface area contributed by atoms with E-state index >= 15 is 0 Å². The smallest absolute Gasteiger partial charge is 0.257 e. The lowest BCUT2D eigenvalue weighted by Gasteiger charge is -2.31. The molecule has 0 radical (unpaired) electrons. The molecule has 1 fully saturated rings. The van der Waals surface area contributed by atoms with Gasteiger partial charge in [-0.1, -0.05) is 54.6 Å². The van der Waals surface area contributed by atoms with Gasteiger partial charge in [0.2, 0.25) is 5.82 Å². The molecule has 8 nitrogen and oxygen atoms in total. The summed E-state index contributed by atoms with van der Waals surface area (Å²) in [6, 6.07) is 26.4. The Morgan fingerprint density at radius 1 is 0.875 bits per heavy atom. The SMILES string of the molecule is N#Cc1nccc(N2CCCN(Cc3ccc(-c4nc5cc[nH]c(=O)c5cc4-c4ccccc4)cc3)CCC2)n1. The lowest BCUT2D eigenvalue weighted by molar-refractivity contribution is 0.251. The number of rotatable bonds is 5. The van der Waals surface area contributed by atoms with Crippen molar-refractivity contribution >= 4 is 16.7 Å². The number of aromatic nitrogens is 4. The van der Waals surface area contributed by atoms with E-state index in [4.69, 9.17) is 10.2 Å². The highest BCUT2D eigenvalue weighted by Gasteiger charge is 2.16. The Bertz CT molecular complexity index is 1720. The first-order valence-corrected chi connectivity index (χ1v) is 13.6. The number of fused-ring (bicyclic) bond motifs is 1. The van der Waals surface area contributed by atoms with E-state index in [2.05, 4.69) is 49.0 Å². The number of hydrogen-bond acceptors (Lipinski definition) is 7. The van der Waals surface area contributed by atoms with E-state index in [-0.39, 0.29) is 11.4 Å². The molecule has 1 aliphatic rings. The lowest BCUT2D eigenvalue weighted by atomic mass is 9.97. The fourth-order valence-corrected chi connectivity index (χ4v) is 5.35. The highest BCUT2D eigenvalue weighted by molar-refractivity contribution is 5.91. The summed E-state index contributed by atoms with van der Waals surface area (Å²) in [5.41, 5.74) is 5.67. The largest absolute Gasteiger partial charge is 0.356 e. The standard InChI is InChI=1S/C32H29N7O/c33-21-29-34-15-13-30(37-29)39-18-4-16-38(17-5-19-39)22-23-8-10-25(11-9-23)31-26(24-6-2-1-3-7-24)20-27-28(36-31)12-14-35-32(27)40/h1-3,6-15,20H,4-5,16-19,22H2,(H,35,40). The van der Waals surface area contributed by atoms with Crippen molar-refractivity contribution in [1.29, 1.82) is 5.26 Å². The van der Waals surface area contributed by atoms with Crippen molar-refractivity contribution in [3.8, 4) is 28.5 Å².